The second kappa shape index (κ2) is 15.6. The lowest BCUT2D eigenvalue weighted by Crippen LogP contribution is -2.56. The zero-order chi connectivity index (χ0) is 29.7. The summed E-state index contributed by atoms with van der Waals surface area (Å²) in [5, 5.41) is 6.32. The lowest BCUT2D eigenvalue weighted by Gasteiger charge is -2.43. The first kappa shape index (κ1) is 31.4. The number of hydrogen-bond acceptors (Lipinski definition) is 6. The molecule has 0 aromatic heterocycles. The van der Waals surface area contributed by atoms with E-state index in [9.17, 15) is 9.59 Å². The van der Waals surface area contributed by atoms with Gasteiger partial charge in [0.15, 0.2) is 0 Å². The molecule has 0 aliphatic carbocycles. The number of aryl methyl sites for hydroxylation is 1. The molecule has 3 aromatic rings. The van der Waals surface area contributed by atoms with Gasteiger partial charge < -0.3 is 25.8 Å². The molecule has 4 rings (SSSR count). The van der Waals surface area contributed by atoms with Crippen LogP contribution in [0.15, 0.2) is 96.2 Å². The Morgan fingerprint density at radius 1 is 0.951 bits per heavy atom. The van der Waals surface area contributed by atoms with Crippen molar-refractivity contribution in [1.82, 2.24) is 10.6 Å². The van der Waals surface area contributed by atoms with Crippen LogP contribution in [0.2, 0.25) is 0 Å². The third-order valence-electron chi connectivity index (χ3n) is 7.35. The number of carbonyl (C=O) groups is 2. The number of esters is 1. The lowest BCUT2D eigenvalue weighted by molar-refractivity contribution is -0.152. The first-order valence-electron chi connectivity index (χ1n) is 14.2. The van der Waals surface area contributed by atoms with Gasteiger partial charge in [-0.25, -0.2) is 0 Å². The highest BCUT2D eigenvalue weighted by Crippen LogP contribution is 2.44. The van der Waals surface area contributed by atoms with Gasteiger partial charge in [0, 0.05) is 35.8 Å². The van der Waals surface area contributed by atoms with Crippen LogP contribution < -0.4 is 21.1 Å². The average molecular weight is 558 g/mol. The number of amides is 1. The van der Waals surface area contributed by atoms with Gasteiger partial charge in [0.05, 0.1) is 6.61 Å². The molecule has 7 heteroatoms. The largest absolute Gasteiger partial charge is 0.489 e. The van der Waals surface area contributed by atoms with E-state index in [0.29, 0.717) is 36.5 Å². The van der Waals surface area contributed by atoms with Crippen LogP contribution in [0.4, 0.5) is 0 Å². The molecule has 7 nitrogen and oxygen atoms in total. The summed E-state index contributed by atoms with van der Waals surface area (Å²) in [6, 6.07) is 27.3. The van der Waals surface area contributed by atoms with Crippen LogP contribution in [0.1, 0.15) is 50.3 Å². The minimum absolute atomic E-state index is 0.182. The highest BCUT2D eigenvalue weighted by molar-refractivity contribution is 5.97. The number of ether oxygens (including phenoxy) is 2. The van der Waals surface area contributed by atoms with Crippen LogP contribution in [0.25, 0.3) is 0 Å². The number of carbonyl (C=O) groups excluding carboxylic acids is 2. The molecular formula is C34H43N3O4. The molecule has 2 unspecified atom stereocenters. The Kier molecular flexibility index (Phi) is 12.0. The highest BCUT2D eigenvalue weighted by atomic mass is 16.5. The van der Waals surface area contributed by atoms with Crippen LogP contribution in [0.3, 0.4) is 0 Å². The van der Waals surface area contributed by atoms with Crippen molar-refractivity contribution in [3.8, 4) is 5.75 Å². The van der Waals surface area contributed by atoms with Gasteiger partial charge in [-0.1, -0.05) is 78.9 Å². The van der Waals surface area contributed by atoms with E-state index in [-0.39, 0.29) is 30.9 Å². The summed E-state index contributed by atoms with van der Waals surface area (Å²) in [5.74, 6) is 0.0602. The van der Waals surface area contributed by atoms with Crippen molar-refractivity contribution in [3.05, 3.63) is 113 Å². The maximum atomic E-state index is 14.1. The third kappa shape index (κ3) is 7.76. The average Bonchev–Trinajstić information content (AvgIpc) is 3.01. The summed E-state index contributed by atoms with van der Waals surface area (Å²) >= 11 is 0. The van der Waals surface area contributed by atoms with Crippen molar-refractivity contribution >= 4 is 11.9 Å². The summed E-state index contributed by atoms with van der Waals surface area (Å²) in [6.45, 7) is 6.88. The highest BCUT2D eigenvalue weighted by Gasteiger charge is 2.52. The molecule has 0 radical (unpaired) electrons. The topological polar surface area (TPSA) is 103 Å². The molecule has 2 atom stereocenters. The van der Waals surface area contributed by atoms with Crippen LogP contribution >= 0.6 is 0 Å². The quantitative estimate of drug-likeness (QED) is 0.225. The standard InChI is InChI=1S/C33H38N2O4.CH5N/c1-4-34-31(36)28-22-33(25(3)35-24(28)2,32(37)38-21-13-18-26-14-7-5-8-15-26)29-19-11-12-20-30(29)39-23-27-16-9-6-10-17-27;1-2/h5-12,14-17,19-20,25,35H,4,13,18,21-23H2,1-3H3,(H,34,36);2H2,1H3. The molecule has 0 saturated carbocycles. The summed E-state index contributed by atoms with van der Waals surface area (Å²) < 4.78 is 12.3. The maximum Gasteiger partial charge on any atom is 0.319 e. The minimum atomic E-state index is -1.15. The molecule has 0 spiro atoms. The van der Waals surface area contributed by atoms with Gasteiger partial charge in [0.25, 0.3) is 0 Å². The molecule has 1 heterocycles. The predicted molar refractivity (Wildman–Crippen MR) is 163 cm³/mol. The number of hydrogen-bond donors (Lipinski definition) is 3. The smallest absolute Gasteiger partial charge is 0.319 e. The van der Waals surface area contributed by atoms with Gasteiger partial charge in [-0.3, -0.25) is 9.59 Å². The fourth-order valence-corrected chi connectivity index (χ4v) is 5.22. The number of nitrogens with one attached hydrogen (secondary N) is 2. The Labute approximate surface area is 244 Å². The number of benzene rings is 3. The molecule has 4 N–H and O–H groups in total. The zero-order valence-electron chi connectivity index (χ0n) is 24.6. The number of allylic oxidation sites excluding steroid dienone is 1. The van der Waals surface area contributed by atoms with Crippen molar-refractivity contribution in [3.63, 3.8) is 0 Å². The van der Waals surface area contributed by atoms with Crippen LogP contribution in [0.5, 0.6) is 5.75 Å². The van der Waals surface area contributed by atoms with Crippen molar-refractivity contribution in [1.29, 1.82) is 0 Å². The second-order valence-electron chi connectivity index (χ2n) is 9.97. The molecule has 0 bridgehead atoms. The summed E-state index contributed by atoms with van der Waals surface area (Å²) in [5.41, 5.74) is 7.60. The van der Waals surface area contributed by atoms with Crippen molar-refractivity contribution in [2.45, 2.75) is 58.1 Å². The van der Waals surface area contributed by atoms with Gasteiger partial charge in [0.2, 0.25) is 5.91 Å². The predicted octanol–water partition coefficient (Wildman–Crippen LogP) is 5.05. The van der Waals surface area contributed by atoms with E-state index < -0.39 is 5.41 Å². The monoisotopic (exact) mass is 557 g/mol. The van der Waals surface area contributed by atoms with Gasteiger partial charge in [-0.2, -0.15) is 0 Å². The molecule has 1 aliphatic rings. The van der Waals surface area contributed by atoms with Crippen LogP contribution in [-0.2, 0) is 32.8 Å². The first-order valence-corrected chi connectivity index (χ1v) is 14.2. The zero-order valence-corrected chi connectivity index (χ0v) is 24.6. The lowest BCUT2D eigenvalue weighted by atomic mass is 9.67. The van der Waals surface area contributed by atoms with E-state index in [1.165, 1.54) is 12.6 Å². The summed E-state index contributed by atoms with van der Waals surface area (Å²) in [7, 11) is 1.50. The van der Waals surface area contributed by atoms with Crippen molar-refractivity contribution in [2.24, 2.45) is 5.73 Å². The fraction of sp³-hybridized carbons (Fsp3) is 0.353. The Morgan fingerprint density at radius 3 is 2.22 bits per heavy atom. The maximum absolute atomic E-state index is 14.1. The van der Waals surface area contributed by atoms with E-state index in [2.05, 4.69) is 28.5 Å². The molecule has 3 aromatic carbocycles. The second-order valence-corrected chi connectivity index (χ2v) is 9.97. The Morgan fingerprint density at radius 2 is 1.56 bits per heavy atom. The van der Waals surface area contributed by atoms with Gasteiger partial charge in [0.1, 0.15) is 17.8 Å². The van der Waals surface area contributed by atoms with Crippen molar-refractivity contribution in [2.75, 3.05) is 20.2 Å². The van der Waals surface area contributed by atoms with E-state index >= 15 is 0 Å². The number of likely N-dealkylation sites (N-methyl/N-ethyl adjacent to an activating group) is 1. The number of nitrogens with two attached hydrogens (primary N) is 1. The first-order chi connectivity index (χ1) is 20.0. The Hall–Kier alpha value is -4.10. The van der Waals surface area contributed by atoms with Gasteiger partial charge >= 0.3 is 5.97 Å². The Balaban J connectivity index is 0.00000226. The minimum Gasteiger partial charge on any atom is -0.489 e. The van der Waals surface area contributed by atoms with Gasteiger partial charge in [-0.05, 0) is 57.9 Å². The van der Waals surface area contributed by atoms with E-state index in [0.717, 1.165) is 17.7 Å². The van der Waals surface area contributed by atoms with E-state index in [4.69, 9.17) is 9.47 Å². The summed E-state index contributed by atoms with van der Waals surface area (Å²) in [6.07, 6.45) is 1.73. The number of rotatable bonds is 11. The normalized spacial score (nSPS) is 17.9. The molecule has 0 fully saturated rings. The fourth-order valence-electron chi connectivity index (χ4n) is 5.22. The third-order valence-corrected chi connectivity index (χ3v) is 7.35. The molecule has 1 amide bonds. The Bertz CT molecular complexity index is 1290. The SMILES string of the molecule is CCNC(=O)C1=C(C)NC(C)C(C(=O)OCCCc2ccccc2)(c2ccccc2OCc2ccccc2)C1.CN. The van der Waals surface area contributed by atoms with E-state index in [1.807, 2.05) is 93.6 Å². The molecule has 41 heavy (non-hydrogen) atoms. The molecular weight excluding hydrogens is 514 g/mol. The molecule has 1 aliphatic heterocycles. The molecule has 0 saturated heterocycles. The van der Waals surface area contributed by atoms with Crippen LogP contribution in [0, 0.1) is 0 Å². The summed E-state index contributed by atoms with van der Waals surface area (Å²) in [4.78, 5) is 27.2. The van der Waals surface area contributed by atoms with Crippen molar-refractivity contribution < 1.29 is 19.1 Å². The van der Waals surface area contributed by atoms with Gasteiger partial charge in [-0.15, -0.1) is 0 Å². The van der Waals surface area contributed by atoms with Crippen LogP contribution in [-0.4, -0.2) is 38.1 Å². The van der Waals surface area contributed by atoms with E-state index in [1.54, 1.807) is 0 Å². The number of para-hydroxylation sites is 1. The molecule has 218 valence electrons.